The number of aryl methyl sites for hydroxylation is 1. The highest BCUT2D eigenvalue weighted by Crippen LogP contribution is 2.02. The summed E-state index contributed by atoms with van der Waals surface area (Å²) in [5.41, 5.74) is 0.891. The molecule has 72 valence electrons. The van der Waals surface area contributed by atoms with Crippen molar-refractivity contribution in [2.24, 2.45) is 4.99 Å². The molecule has 0 fully saturated rings. The van der Waals surface area contributed by atoms with E-state index in [0.717, 1.165) is 12.1 Å². The molecule has 0 aliphatic heterocycles. The first-order chi connectivity index (χ1) is 6.56. The van der Waals surface area contributed by atoms with Crippen molar-refractivity contribution in [2.45, 2.75) is 13.3 Å². The van der Waals surface area contributed by atoms with E-state index in [2.05, 4.69) is 4.99 Å². The number of hydrogen-bond donors (Lipinski definition) is 0. The summed E-state index contributed by atoms with van der Waals surface area (Å²) in [5.74, 6) is -0.396. The molecule has 0 spiro atoms. The van der Waals surface area contributed by atoms with Crippen molar-refractivity contribution in [1.82, 2.24) is 4.57 Å². The summed E-state index contributed by atoms with van der Waals surface area (Å²) < 4.78 is 1.48. The minimum absolute atomic E-state index is 0.108. The summed E-state index contributed by atoms with van der Waals surface area (Å²) >= 11 is 1.31. The van der Waals surface area contributed by atoms with Gasteiger partial charge < -0.3 is 0 Å². The Balaban J connectivity index is 3.39. The molecule has 14 heavy (non-hydrogen) atoms. The fourth-order valence-electron chi connectivity index (χ4n) is 1.14. The van der Waals surface area contributed by atoms with Crippen LogP contribution in [0.1, 0.15) is 12.6 Å². The van der Waals surface area contributed by atoms with Gasteiger partial charge in [-0.05, 0) is 6.42 Å². The van der Waals surface area contributed by atoms with E-state index in [1.807, 2.05) is 12.3 Å². The van der Waals surface area contributed by atoms with E-state index in [1.54, 1.807) is 0 Å². The molecular weight excluding hydrogens is 198 g/mol. The van der Waals surface area contributed by atoms with Gasteiger partial charge in [0, 0.05) is 11.1 Å². The molecule has 0 radical (unpaired) electrons. The maximum atomic E-state index is 11.3. The third-order valence-electron chi connectivity index (χ3n) is 1.71. The van der Waals surface area contributed by atoms with Crippen molar-refractivity contribution in [3.05, 3.63) is 15.9 Å². The zero-order valence-corrected chi connectivity index (χ0v) is 9.22. The fraction of sp³-hybridized carbons (Fsp3) is 0.286. The van der Waals surface area contributed by atoms with Crippen LogP contribution in [0.15, 0.2) is 10.4 Å². The topological polar surface area (TPSA) is 51.4 Å². The summed E-state index contributed by atoms with van der Waals surface area (Å²) in [4.78, 5) is 26.3. The van der Waals surface area contributed by atoms with Crippen molar-refractivity contribution in [3.8, 4) is 0 Å². The van der Waals surface area contributed by atoms with Crippen molar-refractivity contribution >= 4 is 38.6 Å². The fourth-order valence-corrected chi connectivity index (χ4v) is 2.18. The molecule has 0 aromatic carbocycles. The Kier molecular flexibility index (Phi) is 3.46. The van der Waals surface area contributed by atoms with Gasteiger partial charge in [-0.25, -0.2) is 0 Å². The standard InChI is InChI=1S/C7H10B2N2O2S/c1-2-4-3-14-7(10-5(8)12)11(4)6(9)13/h3H,2,8-9H2,1H3/b10-7+. The predicted octanol–water partition coefficient (Wildman–Crippen LogP) is -0.633. The lowest BCUT2D eigenvalue weighted by atomic mass is 10.1. The van der Waals surface area contributed by atoms with Gasteiger partial charge in [-0.1, -0.05) is 6.92 Å². The number of rotatable bonds is 1. The summed E-state index contributed by atoms with van der Waals surface area (Å²) in [7, 11) is 2.83. The van der Waals surface area contributed by atoms with E-state index >= 15 is 0 Å². The van der Waals surface area contributed by atoms with Gasteiger partial charge in [-0.2, -0.15) is 4.99 Å². The zero-order valence-electron chi connectivity index (χ0n) is 8.40. The number of carbonyl (C=O) groups excluding carboxylic acids is 2. The third-order valence-corrected chi connectivity index (χ3v) is 2.58. The van der Waals surface area contributed by atoms with Gasteiger partial charge in [0.2, 0.25) is 15.7 Å². The molecule has 7 heteroatoms. The molecule has 1 aromatic heterocycles. The van der Waals surface area contributed by atoms with Crippen molar-refractivity contribution in [1.29, 1.82) is 0 Å². The van der Waals surface area contributed by atoms with E-state index < -0.39 is 0 Å². The van der Waals surface area contributed by atoms with Gasteiger partial charge in [-0.15, -0.1) is 11.3 Å². The van der Waals surface area contributed by atoms with Crippen LogP contribution in [0.25, 0.3) is 0 Å². The first-order valence-corrected chi connectivity index (χ1v) is 5.20. The predicted molar refractivity (Wildman–Crippen MR) is 60.5 cm³/mol. The van der Waals surface area contributed by atoms with E-state index in [9.17, 15) is 9.59 Å². The molecule has 0 saturated heterocycles. The van der Waals surface area contributed by atoms with Crippen LogP contribution >= 0.6 is 11.3 Å². The Morgan fingerprint density at radius 3 is 2.64 bits per heavy atom. The van der Waals surface area contributed by atoms with Gasteiger partial charge in [0.25, 0.3) is 0 Å². The van der Waals surface area contributed by atoms with Crippen LogP contribution in [0.2, 0.25) is 0 Å². The molecule has 0 aliphatic rings. The highest BCUT2D eigenvalue weighted by atomic mass is 32.1. The van der Waals surface area contributed by atoms with E-state index in [1.165, 1.54) is 31.6 Å². The molecule has 4 nitrogen and oxygen atoms in total. The van der Waals surface area contributed by atoms with E-state index in [0.29, 0.717) is 4.80 Å². The zero-order chi connectivity index (χ0) is 10.7. The van der Waals surface area contributed by atoms with Crippen LogP contribution in [0, 0.1) is 0 Å². The lowest BCUT2D eigenvalue weighted by molar-refractivity contribution is 0.259. The largest absolute Gasteiger partial charge is 0.288 e. The molecule has 1 rings (SSSR count). The molecule has 1 aromatic rings. The van der Waals surface area contributed by atoms with Gasteiger partial charge >= 0.3 is 0 Å². The lowest BCUT2D eigenvalue weighted by Crippen LogP contribution is -2.25. The number of aromatic nitrogens is 1. The first kappa shape index (κ1) is 11.0. The average molecular weight is 208 g/mol. The van der Waals surface area contributed by atoms with Gasteiger partial charge in [0.1, 0.15) is 0 Å². The Morgan fingerprint density at radius 1 is 1.57 bits per heavy atom. The minimum atomic E-state index is -0.287. The Labute approximate surface area is 87.5 Å². The minimum Gasteiger partial charge on any atom is -0.288 e. The highest BCUT2D eigenvalue weighted by Gasteiger charge is 2.07. The molecule has 1 amide bonds. The molecular formula is C7H10B2N2O2S. The number of amides is 1. The monoisotopic (exact) mass is 208 g/mol. The number of nitrogens with zero attached hydrogens (tertiary/aromatic N) is 2. The molecule has 0 bridgehead atoms. The van der Waals surface area contributed by atoms with Crippen LogP contribution in [-0.4, -0.2) is 31.9 Å². The van der Waals surface area contributed by atoms with Gasteiger partial charge in [0.05, 0.1) is 0 Å². The molecule has 0 unspecified atom stereocenters. The van der Waals surface area contributed by atoms with Crippen molar-refractivity contribution in [2.75, 3.05) is 0 Å². The summed E-state index contributed by atoms with van der Waals surface area (Å²) in [5, 5.41) is 1.85. The highest BCUT2D eigenvalue weighted by molar-refractivity contribution is 7.07. The maximum Gasteiger partial charge on any atom is 0.218 e. The number of carbonyl (C=O) groups is 2. The van der Waals surface area contributed by atoms with E-state index in [4.69, 9.17) is 0 Å². The Hall–Kier alpha value is -1.10. The van der Waals surface area contributed by atoms with Crippen LogP contribution in [0.3, 0.4) is 0 Å². The Bertz CT molecular complexity index is 435. The lowest BCUT2D eigenvalue weighted by Gasteiger charge is -2.00. The maximum absolute atomic E-state index is 11.3. The molecule has 0 N–H and O–H groups in total. The van der Waals surface area contributed by atoms with Gasteiger partial charge in [-0.3, -0.25) is 14.2 Å². The average Bonchev–Trinajstić information content (AvgIpc) is 2.46. The second-order valence-electron chi connectivity index (χ2n) is 2.85. The normalized spacial score (nSPS) is 11.6. The SMILES string of the molecule is BC(=O)/N=c1/scc(CC)n1C(B)=O. The second-order valence-corrected chi connectivity index (χ2v) is 3.68. The van der Waals surface area contributed by atoms with Crippen LogP contribution in [-0.2, 0) is 6.42 Å². The van der Waals surface area contributed by atoms with E-state index in [-0.39, 0.29) is 11.6 Å². The first-order valence-electron chi connectivity index (χ1n) is 4.32. The molecule has 1 heterocycles. The smallest absolute Gasteiger partial charge is 0.218 e. The van der Waals surface area contributed by atoms with Gasteiger partial charge in [0.15, 0.2) is 16.4 Å². The summed E-state index contributed by atoms with van der Waals surface area (Å²) in [6, 6.07) is 0. The number of thiazole rings is 1. The Morgan fingerprint density at radius 2 is 2.21 bits per heavy atom. The molecule has 0 saturated carbocycles. The second kappa shape index (κ2) is 4.41. The summed E-state index contributed by atoms with van der Waals surface area (Å²) in [6.07, 6.45) is 0.753. The summed E-state index contributed by atoms with van der Waals surface area (Å²) in [6.45, 7) is 1.96. The van der Waals surface area contributed by atoms with Crippen LogP contribution < -0.4 is 4.80 Å². The van der Waals surface area contributed by atoms with Crippen LogP contribution in [0.4, 0.5) is 9.59 Å². The van der Waals surface area contributed by atoms with Crippen molar-refractivity contribution in [3.63, 3.8) is 0 Å². The third kappa shape index (κ3) is 2.23. The molecule has 0 atom stereocenters. The molecule has 0 aliphatic carbocycles. The van der Waals surface area contributed by atoms with Crippen LogP contribution in [0.5, 0.6) is 0 Å². The van der Waals surface area contributed by atoms with Crippen molar-refractivity contribution < 1.29 is 9.59 Å². The quantitative estimate of drug-likeness (QED) is 0.576. The number of hydrogen-bond acceptors (Lipinski definition) is 3.